The van der Waals surface area contributed by atoms with Gasteiger partial charge in [0.25, 0.3) is 0 Å². The number of ether oxygens (including phenoxy) is 2. The molecule has 0 N–H and O–H groups in total. The van der Waals surface area contributed by atoms with Crippen molar-refractivity contribution in [1.29, 1.82) is 5.26 Å². The molecule has 0 amide bonds. The maximum Gasteiger partial charge on any atom is 0.166 e. The molecule has 1 aliphatic rings. The fourth-order valence-corrected chi connectivity index (χ4v) is 6.49. The van der Waals surface area contributed by atoms with Gasteiger partial charge in [0.1, 0.15) is 5.82 Å². The lowest BCUT2D eigenvalue weighted by Gasteiger charge is -2.31. The number of nitrogens with zero attached hydrogens (tertiary/aromatic N) is 2. The van der Waals surface area contributed by atoms with Crippen LogP contribution in [0.3, 0.4) is 0 Å². The topological polar surface area (TPSA) is 62.6 Å². The van der Waals surface area contributed by atoms with E-state index in [1.165, 1.54) is 57.1 Å². The summed E-state index contributed by atoms with van der Waals surface area (Å²) in [5, 5.41) is 10.6. The molecule has 0 aliphatic carbocycles. The summed E-state index contributed by atoms with van der Waals surface area (Å²) < 4.78 is 24.3. The predicted molar refractivity (Wildman–Crippen MR) is 180 cm³/mol. The molecule has 0 saturated carbocycles. The molecule has 0 spiro atoms. The smallest absolute Gasteiger partial charge is 0.166 e. The molecule has 3 rings (SSSR count). The second-order valence-corrected chi connectivity index (χ2v) is 12.3. The van der Waals surface area contributed by atoms with Crippen LogP contribution in [0.4, 0.5) is 4.39 Å². The minimum atomic E-state index is -0.527. The highest BCUT2D eigenvalue weighted by Gasteiger charge is 2.32. The Hall–Kier alpha value is -2.62. The van der Waals surface area contributed by atoms with Gasteiger partial charge in [-0.2, -0.15) is 5.26 Å². The zero-order chi connectivity index (χ0) is 30.9. The largest absolute Gasteiger partial charge is 0.493 e. The summed E-state index contributed by atoms with van der Waals surface area (Å²) in [6.07, 6.45) is 16.6. The number of carbonyl (C=O) groups excluding carboxylic acids is 1. The zero-order valence-electron chi connectivity index (χ0n) is 27.3. The van der Waals surface area contributed by atoms with Crippen LogP contribution < -0.4 is 9.47 Å². The molecule has 1 unspecified atom stereocenters. The van der Waals surface area contributed by atoms with Gasteiger partial charge in [-0.1, -0.05) is 77.2 Å². The highest BCUT2D eigenvalue weighted by atomic mass is 35.5. The third-order valence-electron chi connectivity index (χ3n) is 9.27. The van der Waals surface area contributed by atoms with E-state index >= 15 is 0 Å². The first-order valence-corrected chi connectivity index (χ1v) is 16.6. The third kappa shape index (κ3) is 11.4. The van der Waals surface area contributed by atoms with Crippen molar-refractivity contribution in [3.8, 4) is 17.6 Å². The average molecular weight is 629 g/mol. The molecule has 0 radical (unpaired) electrons. The van der Waals surface area contributed by atoms with Gasteiger partial charge >= 0.3 is 0 Å². The van der Waals surface area contributed by atoms with Gasteiger partial charge in [0.05, 0.1) is 25.7 Å². The van der Waals surface area contributed by atoms with E-state index in [-0.39, 0.29) is 29.9 Å². The standard InChI is InChI=1S/C37H53FN2O3.ClH/c1-4-5-6-7-8-9-10-12-23-37(29-39,32-17-20-34(42-2)35(28-32)43-3)24-13-11-14-25-40-26-21-31(22-27-40)36(41)30-15-18-33(38)19-16-30;/h15-20,28,31H,4-14,21-27H2,1-3H3;1H. The lowest BCUT2D eigenvalue weighted by atomic mass is 9.73. The normalized spacial score (nSPS) is 15.2. The molecular formula is C37H54ClFN2O3. The molecule has 2 aromatic rings. The summed E-state index contributed by atoms with van der Waals surface area (Å²) in [6, 6.07) is 14.7. The van der Waals surface area contributed by atoms with Crippen LogP contribution in [0.5, 0.6) is 11.5 Å². The van der Waals surface area contributed by atoms with E-state index in [0.717, 1.165) is 76.6 Å². The number of methoxy groups -OCH3 is 2. The molecule has 244 valence electrons. The van der Waals surface area contributed by atoms with Crippen LogP contribution in [0, 0.1) is 23.1 Å². The number of unbranched alkanes of at least 4 members (excludes halogenated alkanes) is 9. The summed E-state index contributed by atoms with van der Waals surface area (Å²) in [5.74, 6) is 1.22. The van der Waals surface area contributed by atoms with E-state index in [1.807, 2.05) is 18.2 Å². The maximum atomic E-state index is 13.2. The number of likely N-dealkylation sites (tertiary alicyclic amines) is 1. The molecule has 0 aromatic heterocycles. The average Bonchev–Trinajstić information content (AvgIpc) is 3.05. The number of piperidine rings is 1. The number of benzene rings is 2. The number of rotatable bonds is 20. The fourth-order valence-electron chi connectivity index (χ4n) is 6.49. The maximum absolute atomic E-state index is 13.2. The van der Waals surface area contributed by atoms with E-state index in [0.29, 0.717) is 17.1 Å². The van der Waals surface area contributed by atoms with Gasteiger partial charge in [0.15, 0.2) is 17.3 Å². The number of hydrogen-bond acceptors (Lipinski definition) is 5. The molecule has 44 heavy (non-hydrogen) atoms. The van der Waals surface area contributed by atoms with Crippen LogP contribution in [0.1, 0.15) is 119 Å². The van der Waals surface area contributed by atoms with Crippen LogP contribution in [-0.4, -0.2) is 44.5 Å². The van der Waals surface area contributed by atoms with Crippen LogP contribution in [0.15, 0.2) is 42.5 Å². The van der Waals surface area contributed by atoms with Gasteiger partial charge in [0.2, 0.25) is 0 Å². The van der Waals surface area contributed by atoms with E-state index in [1.54, 1.807) is 26.4 Å². The molecule has 1 fully saturated rings. The summed E-state index contributed by atoms with van der Waals surface area (Å²) in [6.45, 7) is 5.11. The van der Waals surface area contributed by atoms with Crippen molar-refractivity contribution >= 4 is 18.2 Å². The lowest BCUT2D eigenvalue weighted by molar-refractivity contribution is 0.0838. The first-order valence-electron chi connectivity index (χ1n) is 16.6. The summed E-state index contributed by atoms with van der Waals surface area (Å²) in [7, 11) is 3.29. The van der Waals surface area contributed by atoms with Crippen molar-refractivity contribution in [3.63, 3.8) is 0 Å². The second-order valence-electron chi connectivity index (χ2n) is 12.3. The Balaban J connectivity index is 0.00000675. The Morgan fingerprint density at radius 2 is 1.43 bits per heavy atom. The summed E-state index contributed by atoms with van der Waals surface area (Å²) >= 11 is 0. The van der Waals surface area contributed by atoms with E-state index < -0.39 is 5.41 Å². The second kappa shape index (κ2) is 20.4. The van der Waals surface area contributed by atoms with E-state index in [4.69, 9.17) is 9.47 Å². The van der Waals surface area contributed by atoms with Crippen LogP contribution in [-0.2, 0) is 5.41 Å². The van der Waals surface area contributed by atoms with Crippen molar-refractivity contribution < 1.29 is 18.7 Å². The van der Waals surface area contributed by atoms with Gasteiger partial charge in [-0.25, -0.2) is 4.39 Å². The Bertz CT molecular complexity index is 1140. The first kappa shape index (κ1) is 37.6. The summed E-state index contributed by atoms with van der Waals surface area (Å²) in [4.78, 5) is 15.3. The molecule has 5 nitrogen and oxygen atoms in total. The fraction of sp³-hybridized carbons (Fsp3) is 0.622. The predicted octanol–water partition coefficient (Wildman–Crippen LogP) is 9.71. The zero-order valence-corrected chi connectivity index (χ0v) is 28.1. The van der Waals surface area contributed by atoms with Gasteiger partial charge in [-0.3, -0.25) is 4.79 Å². The molecule has 1 atom stereocenters. The van der Waals surface area contributed by atoms with E-state index in [9.17, 15) is 14.4 Å². The number of Topliss-reactive ketones (excluding diaryl/α,β-unsaturated/α-hetero) is 1. The van der Waals surface area contributed by atoms with Crippen molar-refractivity contribution in [2.45, 2.75) is 109 Å². The minimum Gasteiger partial charge on any atom is -0.493 e. The number of carbonyl (C=O) groups is 1. The van der Waals surface area contributed by atoms with Crippen molar-refractivity contribution in [2.24, 2.45) is 5.92 Å². The van der Waals surface area contributed by atoms with Crippen molar-refractivity contribution in [3.05, 3.63) is 59.4 Å². The number of hydrogen-bond donors (Lipinski definition) is 0. The number of ketones is 1. The van der Waals surface area contributed by atoms with Gasteiger partial charge < -0.3 is 14.4 Å². The van der Waals surface area contributed by atoms with Gasteiger partial charge in [-0.15, -0.1) is 12.4 Å². The first-order chi connectivity index (χ1) is 21.0. The van der Waals surface area contributed by atoms with Crippen LogP contribution in [0.2, 0.25) is 0 Å². The lowest BCUT2D eigenvalue weighted by Crippen LogP contribution is -2.37. The van der Waals surface area contributed by atoms with Gasteiger partial charge in [-0.05, 0) is 93.7 Å². The molecule has 1 saturated heterocycles. The molecule has 1 aliphatic heterocycles. The molecule has 1 heterocycles. The van der Waals surface area contributed by atoms with Crippen molar-refractivity contribution in [1.82, 2.24) is 4.90 Å². The Labute approximate surface area is 271 Å². The van der Waals surface area contributed by atoms with Gasteiger partial charge in [0, 0.05) is 11.5 Å². The minimum absolute atomic E-state index is 0. The Morgan fingerprint density at radius 1 is 0.864 bits per heavy atom. The molecule has 7 heteroatoms. The van der Waals surface area contributed by atoms with Crippen LogP contribution >= 0.6 is 12.4 Å². The van der Waals surface area contributed by atoms with Crippen LogP contribution in [0.25, 0.3) is 0 Å². The molecular weight excluding hydrogens is 575 g/mol. The molecule has 0 bridgehead atoms. The van der Waals surface area contributed by atoms with Crippen molar-refractivity contribution in [2.75, 3.05) is 33.9 Å². The quantitative estimate of drug-likeness (QED) is 0.108. The number of halogens is 2. The summed E-state index contributed by atoms with van der Waals surface area (Å²) in [5.41, 5.74) is 1.12. The number of nitriles is 1. The molecule has 2 aromatic carbocycles. The third-order valence-corrected chi connectivity index (χ3v) is 9.27. The monoisotopic (exact) mass is 628 g/mol. The highest BCUT2D eigenvalue weighted by molar-refractivity contribution is 5.97. The highest BCUT2D eigenvalue weighted by Crippen LogP contribution is 2.39. The Morgan fingerprint density at radius 3 is 2.00 bits per heavy atom. The SMILES string of the molecule is CCCCCCCCCCC(C#N)(CCCCCN1CCC(C(=O)c2ccc(F)cc2)CC1)c1ccc(OC)c(OC)c1.Cl. The van der Waals surface area contributed by atoms with E-state index in [2.05, 4.69) is 17.9 Å². The Kier molecular flexibility index (Phi) is 17.4.